The highest BCUT2D eigenvalue weighted by Gasteiger charge is 2.36. The minimum Gasteiger partial charge on any atom is -0.309 e. The number of nitrogens with zero attached hydrogens (tertiary/aromatic N) is 4. The molecule has 0 spiro atoms. The summed E-state index contributed by atoms with van der Waals surface area (Å²) >= 11 is 0. The van der Waals surface area contributed by atoms with Crippen molar-refractivity contribution in [3.8, 4) is 39.4 Å². The van der Waals surface area contributed by atoms with E-state index in [2.05, 4.69) is 216 Å². The fourth-order valence-electron chi connectivity index (χ4n) is 10.5. The van der Waals surface area contributed by atoms with Gasteiger partial charge in [-0.05, 0) is 101 Å². The average Bonchev–Trinajstić information content (AvgIpc) is 4.00. The van der Waals surface area contributed by atoms with Gasteiger partial charge in [0.2, 0.25) is 0 Å². The largest absolute Gasteiger partial charge is 0.309 e. The molecule has 0 atom stereocenters. The van der Waals surface area contributed by atoms with Gasteiger partial charge in [0, 0.05) is 66.6 Å². The Hall–Kier alpha value is -7.69. The van der Waals surface area contributed by atoms with Crippen LogP contribution in [0.2, 0.25) is 0 Å². The van der Waals surface area contributed by atoms with Crippen LogP contribution in [0.15, 0.2) is 194 Å². The third-order valence-electron chi connectivity index (χ3n) is 13.3. The third kappa shape index (κ3) is 4.53. The summed E-state index contributed by atoms with van der Waals surface area (Å²) in [4.78, 5) is 4.89. The van der Waals surface area contributed by atoms with E-state index in [9.17, 15) is 0 Å². The lowest BCUT2D eigenvalue weighted by molar-refractivity contribution is 0.659. The Kier molecular flexibility index (Phi) is 6.75. The van der Waals surface area contributed by atoms with Crippen LogP contribution in [0.25, 0.3) is 105 Å². The molecule has 4 heterocycles. The summed E-state index contributed by atoms with van der Waals surface area (Å²) in [6.07, 6.45) is 1.92. The topological polar surface area (TPSA) is 27.7 Å². The van der Waals surface area contributed by atoms with Gasteiger partial charge in [0.1, 0.15) is 0 Å². The number of hydrogen-bond acceptors (Lipinski definition) is 1. The van der Waals surface area contributed by atoms with Crippen molar-refractivity contribution in [2.24, 2.45) is 0 Å². The van der Waals surface area contributed by atoms with Crippen LogP contribution in [-0.4, -0.2) is 18.7 Å². The first-order valence-electron chi connectivity index (χ1n) is 20.8. The summed E-state index contributed by atoms with van der Waals surface area (Å²) < 4.78 is 7.32. The Bertz CT molecular complexity index is 3520. The zero-order valence-electron chi connectivity index (χ0n) is 33.3. The molecule has 0 amide bonds. The van der Waals surface area contributed by atoms with Crippen molar-refractivity contribution in [1.82, 2.24) is 18.7 Å². The van der Waals surface area contributed by atoms with Gasteiger partial charge in [-0.2, -0.15) is 0 Å². The van der Waals surface area contributed by atoms with E-state index < -0.39 is 0 Å². The zero-order valence-corrected chi connectivity index (χ0v) is 33.3. The molecule has 0 aliphatic heterocycles. The molecule has 4 aromatic heterocycles. The van der Waals surface area contributed by atoms with Crippen molar-refractivity contribution in [2.45, 2.75) is 19.3 Å². The van der Waals surface area contributed by atoms with E-state index in [0.29, 0.717) is 0 Å². The highest BCUT2D eigenvalue weighted by atomic mass is 15.0. The van der Waals surface area contributed by atoms with Crippen LogP contribution >= 0.6 is 0 Å². The van der Waals surface area contributed by atoms with Gasteiger partial charge in [0.25, 0.3) is 0 Å². The molecular formula is C56H38N4. The Labute approximate surface area is 346 Å². The molecule has 282 valence electrons. The molecule has 0 fully saturated rings. The van der Waals surface area contributed by atoms with Crippen LogP contribution in [0.4, 0.5) is 0 Å². The quantitative estimate of drug-likeness (QED) is 0.175. The van der Waals surface area contributed by atoms with Gasteiger partial charge in [0.05, 0.1) is 38.8 Å². The molecule has 0 bridgehead atoms. The lowest BCUT2D eigenvalue weighted by Gasteiger charge is -2.21. The number of pyridine rings is 1. The fourth-order valence-corrected chi connectivity index (χ4v) is 10.5. The Morgan fingerprint density at radius 2 is 0.817 bits per heavy atom. The second kappa shape index (κ2) is 12.2. The Balaban J connectivity index is 1.07. The van der Waals surface area contributed by atoms with Crippen molar-refractivity contribution in [2.75, 3.05) is 0 Å². The first kappa shape index (κ1) is 33.3. The second-order valence-corrected chi connectivity index (χ2v) is 16.8. The minimum absolute atomic E-state index is 0.0982. The normalized spacial score (nSPS) is 13.3. The summed E-state index contributed by atoms with van der Waals surface area (Å²) in [5.41, 5.74) is 17.7. The van der Waals surface area contributed by atoms with Gasteiger partial charge in [0.15, 0.2) is 0 Å². The van der Waals surface area contributed by atoms with Gasteiger partial charge in [-0.3, -0.25) is 4.98 Å². The molecule has 8 aromatic carbocycles. The van der Waals surface area contributed by atoms with E-state index in [1.165, 1.54) is 87.7 Å². The van der Waals surface area contributed by atoms with E-state index >= 15 is 0 Å². The Morgan fingerprint density at radius 1 is 0.350 bits per heavy atom. The van der Waals surface area contributed by atoms with E-state index in [-0.39, 0.29) is 5.41 Å². The van der Waals surface area contributed by atoms with Crippen LogP contribution in [0.3, 0.4) is 0 Å². The van der Waals surface area contributed by atoms with E-state index in [1.54, 1.807) is 0 Å². The van der Waals surface area contributed by atoms with Crippen LogP contribution < -0.4 is 0 Å². The highest BCUT2D eigenvalue weighted by molar-refractivity contribution is 6.12. The molecular weight excluding hydrogens is 729 g/mol. The van der Waals surface area contributed by atoms with Crippen LogP contribution in [-0.2, 0) is 5.41 Å². The first-order valence-corrected chi connectivity index (χ1v) is 20.8. The summed E-state index contributed by atoms with van der Waals surface area (Å²) in [5, 5.41) is 7.46. The molecule has 1 aliphatic carbocycles. The molecule has 4 nitrogen and oxygen atoms in total. The monoisotopic (exact) mass is 766 g/mol. The van der Waals surface area contributed by atoms with Gasteiger partial charge in [-0.25, -0.2) is 0 Å². The van der Waals surface area contributed by atoms with E-state index in [0.717, 1.165) is 28.3 Å². The number of aromatic nitrogens is 4. The molecule has 60 heavy (non-hydrogen) atoms. The lowest BCUT2D eigenvalue weighted by atomic mass is 9.83. The molecule has 12 aromatic rings. The molecule has 0 saturated heterocycles. The van der Waals surface area contributed by atoms with Gasteiger partial charge >= 0.3 is 0 Å². The summed E-state index contributed by atoms with van der Waals surface area (Å²) in [6, 6.07) is 69.4. The maximum atomic E-state index is 4.89. The molecule has 0 radical (unpaired) electrons. The van der Waals surface area contributed by atoms with Crippen molar-refractivity contribution < 1.29 is 0 Å². The lowest BCUT2D eigenvalue weighted by Crippen LogP contribution is -2.15. The third-order valence-corrected chi connectivity index (χ3v) is 13.3. The molecule has 0 unspecified atom stereocenters. The van der Waals surface area contributed by atoms with Crippen molar-refractivity contribution in [3.63, 3.8) is 0 Å². The first-order chi connectivity index (χ1) is 29.5. The summed E-state index contributed by atoms with van der Waals surface area (Å²) in [5.74, 6) is 0. The zero-order chi connectivity index (χ0) is 39.7. The van der Waals surface area contributed by atoms with E-state index in [4.69, 9.17) is 4.98 Å². The van der Waals surface area contributed by atoms with Crippen molar-refractivity contribution in [1.29, 1.82) is 0 Å². The number of para-hydroxylation sites is 5. The van der Waals surface area contributed by atoms with Crippen molar-refractivity contribution >= 4 is 65.4 Å². The van der Waals surface area contributed by atoms with Gasteiger partial charge in [-0.1, -0.05) is 123 Å². The van der Waals surface area contributed by atoms with Crippen LogP contribution in [0.5, 0.6) is 0 Å². The molecule has 13 rings (SSSR count). The number of benzene rings is 8. The number of hydrogen-bond donors (Lipinski definition) is 0. The van der Waals surface area contributed by atoms with Gasteiger partial charge < -0.3 is 13.7 Å². The molecule has 0 saturated carbocycles. The number of fused-ring (bicyclic) bond motifs is 12. The van der Waals surface area contributed by atoms with Gasteiger partial charge in [-0.15, -0.1) is 0 Å². The smallest absolute Gasteiger partial charge is 0.0746 e. The predicted molar refractivity (Wildman–Crippen MR) is 250 cm³/mol. The molecule has 1 aliphatic rings. The standard InChI is InChI=1S/C56H38N4/c1-56(2)47-27-26-37(34-46(47)55-48(56)19-13-29-57-55)58-53-24-12-7-18-44(53)45-32-35(25-28-54(45)58)36-30-38(59-49-20-8-3-14-40(49)41-15-4-9-21-50(41)59)33-39(31-36)60-51-22-10-5-16-42(51)43-17-6-11-23-52(43)60/h3-34H,1-2H3. The van der Waals surface area contributed by atoms with E-state index in [1.807, 2.05) is 6.20 Å². The van der Waals surface area contributed by atoms with Crippen LogP contribution in [0, 0.1) is 0 Å². The second-order valence-electron chi connectivity index (χ2n) is 16.8. The highest BCUT2D eigenvalue weighted by Crippen LogP contribution is 2.49. The van der Waals surface area contributed by atoms with Crippen LogP contribution in [0.1, 0.15) is 25.0 Å². The average molecular weight is 767 g/mol. The summed E-state index contributed by atoms with van der Waals surface area (Å²) in [7, 11) is 0. The van der Waals surface area contributed by atoms with Crippen molar-refractivity contribution in [3.05, 3.63) is 205 Å². The Morgan fingerprint density at radius 3 is 1.35 bits per heavy atom. The maximum absolute atomic E-state index is 4.89. The fraction of sp³-hybridized carbons (Fsp3) is 0.0536. The predicted octanol–water partition coefficient (Wildman–Crippen LogP) is 14.3. The minimum atomic E-state index is -0.0982. The number of rotatable bonds is 4. The summed E-state index contributed by atoms with van der Waals surface area (Å²) in [6.45, 7) is 4.62. The molecule has 0 N–H and O–H groups in total. The molecule has 4 heteroatoms. The maximum Gasteiger partial charge on any atom is 0.0746 e. The SMILES string of the molecule is CC1(C)c2ccc(-n3c4ccccc4c4cc(-c5cc(-n6c7ccccc7c7ccccc76)cc(-n6c7ccccc7c7ccccc76)c5)ccc43)cc2-c2ncccc21.